The van der Waals surface area contributed by atoms with Crippen LogP contribution in [0.5, 0.6) is 0 Å². The molecule has 0 bridgehead atoms. The number of furan rings is 1. The molecule has 3 rings (SSSR count). The predicted molar refractivity (Wildman–Crippen MR) is 74.7 cm³/mol. The first-order valence-corrected chi connectivity index (χ1v) is 6.70. The molecule has 1 fully saturated rings. The van der Waals surface area contributed by atoms with Crippen LogP contribution < -0.4 is 0 Å². The van der Waals surface area contributed by atoms with E-state index in [2.05, 4.69) is 34.0 Å². The van der Waals surface area contributed by atoms with Gasteiger partial charge in [0.2, 0.25) is 0 Å². The highest BCUT2D eigenvalue weighted by Crippen LogP contribution is 2.17. The molecule has 100 valence electrons. The molecular weight excluding hydrogens is 238 g/mol. The van der Waals surface area contributed by atoms with Gasteiger partial charge >= 0.3 is 0 Å². The number of nitrogens with zero attached hydrogens (tertiary/aromatic N) is 3. The smallest absolute Gasteiger partial charge is 0.0996 e. The summed E-state index contributed by atoms with van der Waals surface area (Å²) in [4.78, 5) is 9.36. The Morgan fingerprint density at radius 2 is 2.00 bits per heavy atom. The van der Waals surface area contributed by atoms with Gasteiger partial charge in [-0.15, -0.1) is 0 Å². The van der Waals surface area contributed by atoms with Gasteiger partial charge in [-0.25, -0.2) is 0 Å². The Balaban J connectivity index is 1.63. The van der Waals surface area contributed by atoms with E-state index in [0.717, 1.165) is 44.0 Å². The number of likely N-dealkylation sites (N-methyl/N-ethyl adjacent to an activating group) is 1. The molecule has 2 aromatic heterocycles. The van der Waals surface area contributed by atoms with E-state index in [1.165, 1.54) is 5.56 Å². The Morgan fingerprint density at radius 3 is 2.63 bits per heavy atom. The molecule has 1 saturated heterocycles. The Labute approximate surface area is 113 Å². The van der Waals surface area contributed by atoms with Crippen LogP contribution in [0.15, 0.2) is 41.3 Å². The van der Waals surface area contributed by atoms with E-state index in [1.807, 2.05) is 12.3 Å². The Hall–Kier alpha value is -1.65. The van der Waals surface area contributed by atoms with Gasteiger partial charge in [0.15, 0.2) is 0 Å². The maximum Gasteiger partial charge on any atom is 0.0996 e. The molecule has 0 unspecified atom stereocenters. The standard InChI is InChI=1S/C15H19N3O/c1-17-5-7-18(8-6-17)11-13-2-3-15(16-10-13)14-4-9-19-12-14/h2-4,9-10,12H,5-8,11H2,1H3. The van der Waals surface area contributed by atoms with E-state index < -0.39 is 0 Å². The molecule has 4 heteroatoms. The summed E-state index contributed by atoms with van der Waals surface area (Å²) in [6, 6.07) is 6.16. The lowest BCUT2D eigenvalue weighted by Crippen LogP contribution is -2.43. The summed E-state index contributed by atoms with van der Waals surface area (Å²) < 4.78 is 5.08. The summed E-state index contributed by atoms with van der Waals surface area (Å²) in [6.45, 7) is 5.58. The molecule has 0 amide bonds. The van der Waals surface area contributed by atoms with Crippen LogP contribution in [0.25, 0.3) is 11.3 Å². The number of hydrogen-bond acceptors (Lipinski definition) is 4. The van der Waals surface area contributed by atoms with Gasteiger partial charge in [-0.1, -0.05) is 6.07 Å². The SMILES string of the molecule is CN1CCN(Cc2ccc(-c3ccoc3)nc2)CC1. The molecule has 1 aliphatic heterocycles. The van der Waals surface area contributed by atoms with E-state index >= 15 is 0 Å². The highest BCUT2D eigenvalue weighted by molar-refractivity contribution is 5.56. The van der Waals surface area contributed by atoms with Crippen LogP contribution in [0.4, 0.5) is 0 Å². The molecule has 0 spiro atoms. The Bertz CT molecular complexity index is 499. The van der Waals surface area contributed by atoms with Crippen molar-refractivity contribution in [2.45, 2.75) is 6.54 Å². The highest BCUT2D eigenvalue weighted by Gasteiger charge is 2.13. The van der Waals surface area contributed by atoms with Crippen molar-refractivity contribution in [3.8, 4) is 11.3 Å². The maximum absolute atomic E-state index is 5.08. The van der Waals surface area contributed by atoms with Crippen LogP contribution in [-0.2, 0) is 6.54 Å². The van der Waals surface area contributed by atoms with Gasteiger partial charge in [0.1, 0.15) is 0 Å². The lowest BCUT2D eigenvalue weighted by Gasteiger charge is -2.32. The van der Waals surface area contributed by atoms with Gasteiger partial charge < -0.3 is 9.32 Å². The van der Waals surface area contributed by atoms with E-state index in [4.69, 9.17) is 4.42 Å². The van der Waals surface area contributed by atoms with Crippen LogP contribution in [0, 0.1) is 0 Å². The van der Waals surface area contributed by atoms with Gasteiger partial charge in [0.05, 0.1) is 18.2 Å². The quantitative estimate of drug-likeness (QED) is 0.843. The van der Waals surface area contributed by atoms with Crippen LogP contribution in [-0.4, -0.2) is 48.0 Å². The average molecular weight is 257 g/mol. The molecule has 1 aliphatic rings. The first kappa shape index (κ1) is 12.4. The van der Waals surface area contributed by atoms with Crippen molar-refractivity contribution in [2.24, 2.45) is 0 Å². The lowest BCUT2D eigenvalue weighted by molar-refractivity contribution is 0.148. The van der Waals surface area contributed by atoms with E-state index in [-0.39, 0.29) is 0 Å². The molecule has 4 nitrogen and oxygen atoms in total. The minimum atomic E-state index is 0.968. The van der Waals surface area contributed by atoms with Crippen LogP contribution in [0.1, 0.15) is 5.56 Å². The fraction of sp³-hybridized carbons (Fsp3) is 0.400. The van der Waals surface area contributed by atoms with Gasteiger partial charge in [0.25, 0.3) is 0 Å². The summed E-state index contributed by atoms with van der Waals surface area (Å²) in [7, 11) is 2.18. The average Bonchev–Trinajstić information content (AvgIpc) is 2.96. The molecule has 0 aromatic carbocycles. The Kier molecular flexibility index (Phi) is 3.62. The van der Waals surface area contributed by atoms with Crippen molar-refractivity contribution < 1.29 is 4.42 Å². The zero-order valence-electron chi connectivity index (χ0n) is 11.2. The summed E-state index contributed by atoms with van der Waals surface area (Å²) in [5.41, 5.74) is 3.28. The number of hydrogen-bond donors (Lipinski definition) is 0. The minimum absolute atomic E-state index is 0.968. The van der Waals surface area contributed by atoms with Crippen LogP contribution in [0.2, 0.25) is 0 Å². The maximum atomic E-state index is 5.08. The number of pyridine rings is 1. The fourth-order valence-electron chi connectivity index (χ4n) is 2.36. The summed E-state index contributed by atoms with van der Waals surface area (Å²) in [5, 5.41) is 0. The summed E-state index contributed by atoms with van der Waals surface area (Å²) >= 11 is 0. The molecule has 0 saturated carbocycles. The number of piperazine rings is 1. The van der Waals surface area contributed by atoms with Crippen molar-refractivity contribution in [1.29, 1.82) is 0 Å². The van der Waals surface area contributed by atoms with Crippen molar-refractivity contribution in [1.82, 2.24) is 14.8 Å². The van der Waals surface area contributed by atoms with Crippen molar-refractivity contribution in [2.75, 3.05) is 33.2 Å². The molecule has 0 atom stereocenters. The zero-order valence-corrected chi connectivity index (χ0v) is 11.2. The molecule has 19 heavy (non-hydrogen) atoms. The molecule has 0 aliphatic carbocycles. The predicted octanol–water partition coefficient (Wildman–Crippen LogP) is 2.09. The molecule has 2 aromatic rings. The van der Waals surface area contributed by atoms with E-state index in [9.17, 15) is 0 Å². The van der Waals surface area contributed by atoms with Gasteiger partial charge in [-0.2, -0.15) is 0 Å². The third-order valence-corrected chi connectivity index (χ3v) is 3.64. The normalized spacial score (nSPS) is 17.7. The van der Waals surface area contributed by atoms with E-state index in [0.29, 0.717) is 0 Å². The lowest BCUT2D eigenvalue weighted by atomic mass is 10.2. The largest absolute Gasteiger partial charge is 0.472 e. The molecular formula is C15H19N3O. The van der Waals surface area contributed by atoms with Gasteiger partial charge in [0, 0.05) is 44.5 Å². The third kappa shape index (κ3) is 3.03. The fourth-order valence-corrected chi connectivity index (χ4v) is 2.36. The van der Waals surface area contributed by atoms with Gasteiger partial charge in [-0.3, -0.25) is 9.88 Å². The summed E-state index contributed by atoms with van der Waals surface area (Å²) in [6.07, 6.45) is 5.37. The first-order chi connectivity index (χ1) is 9.31. The second-order valence-corrected chi connectivity index (χ2v) is 5.14. The third-order valence-electron chi connectivity index (χ3n) is 3.64. The van der Waals surface area contributed by atoms with Crippen molar-refractivity contribution in [3.63, 3.8) is 0 Å². The second-order valence-electron chi connectivity index (χ2n) is 5.14. The van der Waals surface area contributed by atoms with Crippen molar-refractivity contribution >= 4 is 0 Å². The second kappa shape index (κ2) is 5.55. The Morgan fingerprint density at radius 1 is 1.16 bits per heavy atom. The number of rotatable bonds is 3. The van der Waals surface area contributed by atoms with Crippen LogP contribution in [0.3, 0.4) is 0 Å². The monoisotopic (exact) mass is 257 g/mol. The number of aromatic nitrogens is 1. The molecule has 3 heterocycles. The molecule has 0 N–H and O–H groups in total. The van der Waals surface area contributed by atoms with E-state index in [1.54, 1.807) is 12.5 Å². The van der Waals surface area contributed by atoms with Crippen LogP contribution >= 0.6 is 0 Å². The first-order valence-electron chi connectivity index (χ1n) is 6.70. The van der Waals surface area contributed by atoms with Gasteiger partial charge in [-0.05, 0) is 24.7 Å². The highest BCUT2D eigenvalue weighted by atomic mass is 16.3. The minimum Gasteiger partial charge on any atom is -0.472 e. The molecule has 0 radical (unpaired) electrons. The topological polar surface area (TPSA) is 32.5 Å². The van der Waals surface area contributed by atoms with Crippen molar-refractivity contribution in [3.05, 3.63) is 42.5 Å². The summed E-state index contributed by atoms with van der Waals surface area (Å²) in [5.74, 6) is 0. The zero-order chi connectivity index (χ0) is 13.1.